The fraction of sp³-hybridized carbons (Fsp3) is 0.294. The molecule has 0 aromatic carbocycles. The van der Waals surface area contributed by atoms with Crippen molar-refractivity contribution in [2.75, 3.05) is 31.1 Å². The summed E-state index contributed by atoms with van der Waals surface area (Å²) in [7, 11) is 0. The fourth-order valence-corrected chi connectivity index (χ4v) is 2.95. The minimum absolute atomic E-state index is 0.00603. The van der Waals surface area contributed by atoms with Crippen molar-refractivity contribution in [3.05, 3.63) is 59.8 Å². The highest BCUT2D eigenvalue weighted by atomic mass is 16.2. The summed E-state index contributed by atoms with van der Waals surface area (Å²) in [5.41, 5.74) is -0.231. The Morgan fingerprint density at radius 2 is 1.67 bits per heavy atom. The van der Waals surface area contributed by atoms with Gasteiger partial charge in [0, 0.05) is 50.8 Å². The van der Waals surface area contributed by atoms with Crippen LogP contribution in [0, 0.1) is 0 Å². The number of rotatable bonds is 4. The van der Waals surface area contributed by atoms with Gasteiger partial charge >= 0.3 is 0 Å². The molecule has 4 heterocycles. The monoisotopic (exact) mass is 366 g/mol. The largest absolute Gasteiger partial charge is 0.352 e. The van der Waals surface area contributed by atoms with E-state index < -0.39 is 0 Å². The van der Waals surface area contributed by atoms with E-state index in [1.54, 1.807) is 22.0 Å². The molecular formula is C17H18N8O2. The van der Waals surface area contributed by atoms with Crippen molar-refractivity contribution in [3.8, 4) is 5.82 Å². The van der Waals surface area contributed by atoms with Crippen LogP contribution in [-0.2, 0) is 11.3 Å². The van der Waals surface area contributed by atoms with Crippen LogP contribution < -0.4 is 10.5 Å². The summed E-state index contributed by atoms with van der Waals surface area (Å²) in [6, 6.07) is 5.14. The standard InChI is InChI=1S/C17H18N8O2/c26-16-3-4-18-13-25(16)11-17(27)23-9-7-22(8-10-23)14-1-2-15(21-20-14)24-6-5-19-12-24/h1-6,12-13H,7-11H2. The van der Waals surface area contributed by atoms with Crippen LogP contribution in [0.25, 0.3) is 5.82 Å². The number of anilines is 1. The van der Waals surface area contributed by atoms with E-state index >= 15 is 0 Å². The summed E-state index contributed by atoms with van der Waals surface area (Å²) in [6.45, 7) is 2.46. The van der Waals surface area contributed by atoms with Gasteiger partial charge in [-0.2, -0.15) is 0 Å². The third-order valence-electron chi connectivity index (χ3n) is 4.46. The first-order valence-electron chi connectivity index (χ1n) is 8.56. The van der Waals surface area contributed by atoms with Crippen LogP contribution in [0.5, 0.6) is 0 Å². The molecule has 1 fully saturated rings. The van der Waals surface area contributed by atoms with Gasteiger partial charge in [0.05, 0.1) is 6.33 Å². The molecule has 27 heavy (non-hydrogen) atoms. The van der Waals surface area contributed by atoms with E-state index in [9.17, 15) is 9.59 Å². The lowest BCUT2D eigenvalue weighted by Crippen LogP contribution is -2.50. The first-order chi connectivity index (χ1) is 13.2. The molecule has 0 radical (unpaired) electrons. The van der Waals surface area contributed by atoms with E-state index in [-0.39, 0.29) is 18.0 Å². The predicted octanol–water partition coefficient (Wildman–Crippen LogP) is -0.432. The van der Waals surface area contributed by atoms with Crippen LogP contribution in [0.2, 0.25) is 0 Å². The Kier molecular flexibility index (Phi) is 4.60. The van der Waals surface area contributed by atoms with E-state index in [4.69, 9.17) is 0 Å². The number of imidazole rings is 1. The first kappa shape index (κ1) is 16.9. The number of carbonyl (C=O) groups is 1. The molecule has 0 N–H and O–H groups in total. The number of piperazine rings is 1. The van der Waals surface area contributed by atoms with Gasteiger partial charge in [0.1, 0.15) is 12.9 Å². The number of amides is 1. The third kappa shape index (κ3) is 3.68. The van der Waals surface area contributed by atoms with Crippen LogP contribution in [0.15, 0.2) is 54.2 Å². The van der Waals surface area contributed by atoms with E-state index in [0.29, 0.717) is 32.0 Å². The lowest BCUT2D eigenvalue weighted by Gasteiger charge is -2.35. The zero-order valence-corrected chi connectivity index (χ0v) is 14.5. The smallest absolute Gasteiger partial charge is 0.253 e. The molecule has 0 unspecified atom stereocenters. The quantitative estimate of drug-likeness (QED) is 0.617. The van der Waals surface area contributed by atoms with Crippen LogP contribution in [0.4, 0.5) is 5.82 Å². The molecule has 138 valence electrons. The van der Waals surface area contributed by atoms with E-state index in [2.05, 4.69) is 25.1 Å². The second-order valence-electron chi connectivity index (χ2n) is 6.13. The highest BCUT2D eigenvalue weighted by Gasteiger charge is 2.22. The molecule has 1 saturated heterocycles. The van der Waals surface area contributed by atoms with Crippen molar-refractivity contribution < 1.29 is 4.79 Å². The van der Waals surface area contributed by atoms with Crippen molar-refractivity contribution in [1.82, 2.24) is 34.2 Å². The lowest BCUT2D eigenvalue weighted by molar-refractivity contribution is -0.132. The van der Waals surface area contributed by atoms with Crippen molar-refractivity contribution >= 4 is 11.7 Å². The summed E-state index contributed by atoms with van der Waals surface area (Å²) in [5.74, 6) is 1.38. The van der Waals surface area contributed by atoms with Crippen molar-refractivity contribution in [3.63, 3.8) is 0 Å². The zero-order chi connectivity index (χ0) is 18.6. The second-order valence-corrected chi connectivity index (χ2v) is 6.13. The van der Waals surface area contributed by atoms with Crippen LogP contribution >= 0.6 is 0 Å². The van der Waals surface area contributed by atoms with Crippen LogP contribution in [0.1, 0.15) is 0 Å². The van der Waals surface area contributed by atoms with Gasteiger partial charge in [-0.05, 0) is 12.1 Å². The third-order valence-corrected chi connectivity index (χ3v) is 4.46. The van der Waals surface area contributed by atoms with Crippen LogP contribution in [-0.4, -0.2) is 66.3 Å². The Hall–Kier alpha value is -3.56. The molecule has 3 aromatic heterocycles. The van der Waals surface area contributed by atoms with E-state index in [0.717, 1.165) is 5.82 Å². The normalized spacial score (nSPS) is 14.4. The number of aromatic nitrogens is 6. The minimum atomic E-state index is -0.231. The van der Waals surface area contributed by atoms with Crippen molar-refractivity contribution in [2.24, 2.45) is 0 Å². The molecule has 3 aromatic rings. The topological polar surface area (TPSA) is 102 Å². The molecule has 0 saturated carbocycles. The Labute approximate surface area is 154 Å². The SMILES string of the molecule is O=C(Cn1cnccc1=O)N1CCN(c2ccc(-n3ccnc3)nn2)CC1. The molecule has 10 heteroatoms. The van der Waals surface area contributed by atoms with Gasteiger partial charge in [-0.1, -0.05) is 0 Å². The Morgan fingerprint density at radius 3 is 2.33 bits per heavy atom. The van der Waals surface area contributed by atoms with Crippen LogP contribution in [0.3, 0.4) is 0 Å². The fourth-order valence-electron chi connectivity index (χ4n) is 2.95. The molecule has 0 bridgehead atoms. The molecule has 4 rings (SSSR count). The Balaban J connectivity index is 1.35. The molecule has 1 aliphatic heterocycles. The number of carbonyl (C=O) groups excluding carboxylic acids is 1. The molecular weight excluding hydrogens is 348 g/mol. The van der Waals surface area contributed by atoms with Gasteiger partial charge in [-0.15, -0.1) is 10.2 Å². The summed E-state index contributed by atoms with van der Waals surface area (Å²) in [6.07, 6.45) is 7.96. The summed E-state index contributed by atoms with van der Waals surface area (Å²) in [5, 5.41) is 8.50. The van der Waals surface area contributed by atoms with Gasteiger partial charge in [0.15, 0.2) is 11.6 Å². The molecule has 0 spiro atoms. The number of nitrogens with zero attached hydrogens (tertiary/aromatic N) is 8. The van der Waals surface area contributed by atoms with E-state index in [1.165, 1.54) is 23.2 Å². The van der Waals surface area contributed by atoms with E-state index in [1.807, 2.05) is 18.3 Å². The zero-order valence-electron chi connectivity index (χ0n) is 14.5. The highest BCUT2D eigenvalue weighted by molar-refractivity contribution is 5.76. The molecule has 10 nitrogen and oxygen atoms in total. The average molecular weight is 366 g/mol. The maximum atomic E-state index is 12.4. The second kappa shape index (κ2) is 7.36. The summed E-state index contributed by atoms with van der Waals surface area (Å²) >= 11 is 0. The summed E-state index contributed by atoms with van der Waals surface area (Å²) in [4.78, 5) is 35.9. The first-order valence-corrected chi connectivity index (χ1v) is 8.56. The summed E-state index contributed by atoms with van der Waals surface area (Å²) < 4.78 is 3.10. The van der Waals surface area contributed by atoms with Gasteiger partial charge in [-0.25, -0.2) is 9.97 Å². The predicted molar refractivity (Wildman–Crippen MR) is 96.4 cm³/mol. The van der Waals surface area contributed by atoms with Gasteiger partial charge in [-0.3, -0.25) is 18.7 Å². The van der Waals surface area contributed by atoms with Crippen molar-refractivity contribution in [2.45, 2.75) is 6.54 Å². The van der Waals surface area contributed by atoms with Crippen molar-refractivity contribution in [1.29, 1.82) is 0 Å². The van der Waals surface area contributed by atoms with Gasteiger partial charge in [0.25, 0.3) is 5.56 Å². The molecule has 0 aliphatic carbocycles. The Morgan fingerprint density at radius 1 is 0.926 bits per heavy atom. The maximum absolute atomic E-state index is 12.4. The number of hydrogen-bond acceptors (Lipinski definition) is 7. The molecule has 1 aliphatic rings. The van der Waals surface area contributed by atoms with Gasteiger partial charge < -0.3 is 9.80 Å². The molecule has 1 amide bonds. The van der Waals surface area contributed by atoms with Gasteiger partial charge in [0.2, 0.25) is 5.91 Å². The lowest BCUT2D eigenvalue weighted by atomic mass is 10.3. The Bertz CT molecular complexity index is 959. The number of hydrogen-bond donors (Lipinski definition) is 0. The minimum Gasteiger partial charge on any atom is -0.352 e. The highest BCUT2D eigenvalue weighted by Crippen LogP contribution is 2.14. The maximum Gasteiger partial charge on any atom is 0.253 e. The average Bonchev–Trinajstić information content (AvgIpc) is 3.25. The molecule has 0 atom stereocenters.